The Morgan fingerprint density at radius 2 is 2.06 bits per heavy atom. The highest BCUT2D eigenvalue weighted by molar-refractivity contribution is 5.52. The summed E-state index contributed by atoms with van der Waals surface area (Å²) in [5.74, 6) is 7.12. The number of aryl methyl sites for hydroxylation is 2. The molecule has 1 aromatic carbocycles. The van der Waals surface area contributed by atoms with Crippen LogP contribution in [0.4, 0.5) is 0 Å². The third-order valence-electron chi connectivity index (χ3n) is 2.34. The first-order chi connectivity index (χ1) is 7.69. The number of hydrogen-bond donors (Lipinski definition) is 1. The molecule has 0 amide bonds. The number of hydrogen-bond acceptors (Lipinski definition) is 2. The number of nitrogens with one attached hydrogen (secondary N) is 1. The molecule has 0 unspecified atom stereocenters. The first-order valence-electron chi connectivity index (χ1n) is 5.53. The van der Waals surface area contributed by atoms with Gasteiger partial charge in [-0.1, -0.05) is 24.8 Å². The van der Waals surface area contributed by atoms with Gasteiger partial charge in [0.05, 0.1) is 19.2 Å². The molecule has 0 fully saturated rings. The fourth-order valence-electron chi connectivity index (χ4n) is 1.57. The van der Waals surface area contributed by atoms with Crippen molar-refractivity contribution in [3.63, 3.8) is 0 Å². The van der Waals surface area contributed by atoms with Crippen molar-refractivity contribution < 1.29 is 4.74 Å². The minimum Gasteiger partial charge on any atom is -0.495 e. The van der Waals surface area contributed by atoms with Gasteiger partial charge in [0, 0.05) is 0 Å². The molecule has 0 spiro atoms. The standard InChI is InChI=1S/C14H19NO/c1-5-15-8-6-7-13-12(3)9-11(2)10-14(13)16-4/h9-10,15H,5,8H2,1-4H3. The van der Waals surface area contributed by atoms with E-state index in [9.17, 15) is 0 Å². The molecule has 0 atom stereocenters. The molecule has 0 saturated heterocycles. The average molecular weight is 217 g/mol. The fraction of sp³-hybridized carbons (Fsp3) is 0.429. The van der Waals surface area contributed by atoms with E-state index < -0.39 is 0 Å². The van der Waals surface area contributed by atoms with E-state index in [1.165, 1.54) is 11.1 Å². The molecule has 0 aromatic heterocycles. The van der Waals surface area contributed by atoms with Crippen LogP contribution in [0.2, 0.25) is 0 Å². The van der Waals surface area contributed by atoms with Crippen LogP contribution in [-0.2, 0) is 0 Å². The molecule has 1 aromatic rings. The molecular formula is C14H19NO. The Kier molecular flexibility index (Phi) is 4.88. The molecule has 2 nitrogen and oxygen atoms in total. The van der Waals surface area contributed by atoms with E-state index in [0.717, 1.165) is 17.9 Å². The molecular weight excluding hydrogens is 198 g/mol. The van der Waals surface area contributed by atoms with Gasteiger partial charge >= 0.3 is 0 Å². The monoisotopic (exact) mass is 217 g/mol. The molecule has 0 bridgehead atoms. The quantitative estimate of drug-likeness (QED) is 0.619. The van der Waals surface area contributed by atoms with Crippen LogP contribution in [0.3, 0.4) is 0 Å². The molecule has 1 rings (SSSR count). The summed E-state index contributed by atoms with van der Waals surface area (Å²) in [6.45, 7) is 7.85. The van der Waals surface area contributed by atoms with E-state index in [-0.39, 0.29) is 0 Å². The highest BCUT2D eigenvalue weighted by Gasteiger charge is 2.04. The maximum atomic E-state index is 5.34. The van der Waals surface area contributed by atoms with Crippen LogP contribution in [0.1, 0.15) is 23.6 Å². The van der Waals surface area contributed by atoms with Crippen molar-refractivity contribution in [2.24, 2.45) is 0 Å². The van der Waals surface area contributed by atoms with E-state index in [1.54, 1.807) is 7.11 Å². The summed E-state index contributed by atoms with van der Waals surface area (Å²) in [4.78, 5) is 0. The van der Waals surface area contributed by atoms with Crippen LogP contribution in [0, 0.1) is 25.7 Å². The van der Waals surface area contributed by atoms with E-state index in [1.807, 2.05) is 6.07 Å². The number of benzene rings is 1. The molecule has 0 radical (unpaired) electrons. The number of methoxy groups -OCH3 is 1. The van der Waals surface area contributed by atoms with Gasteiger partial charge in [0.25, 0.3) is 0 Å². The summed E-state index contributed by atoms with van der Waals surface area (Å²) in [6.07, 6.45) is 0. The Bertz CT molecular complexity index is 413. The molecule has 2 heteroatoms. The van der Waals surface area contributed by atoms with Gasteiger partial charge in [0.2, 0.25) is 0 Å². The zero-order chi connectivity index (χ0) is 12.0. The molecule has 0 saturated carbocycles. The summed E-state index contributed by atoms with van der Waals surface area (Å²) < 4.78 is 5.34. The van der Waals surface area contributed by atoms with E-state index in [2.05, 4.69) is 44.0 Å². The second-order valence-corrected chi connectivity index (χ2v) is 3.74. The summed E-state index contributed by atoms with van der Waals surface area (Å²) in [7, 11) is 1.68. The van der Waals surface area contributed by atoms with Crippen molar-refractivity contribution in [2.45, 2.75) is 20.8 Å². The number of rotatable bonds is 3. The molecule has 0 heterocycles. The highest BCUT2D eigenvalue weighted by Crippen LogP contribution is 2.22. The topological polar surface area (TPSA) is 21.3 Å². The van der Waals surface area contributed by atoms with Crippen LogP contribution in [0.25, 0.3) is 0 Å². The van der Waals surface area contributed by atoms with Gasteiger partial charge in [-0.15, -0.1) is 0 Å². The van der Waals surface area contributed by atoms with Crippen LogP contribution >= 0.6 is 0 Å². The van der Waals surface area contributed by atoms with Gasteiger partial charge in [-0.05, 0) is 37.6 Å². The zero-order valence-electron chi connectivity index (χ0n) is 10.5. The number of ether oxygens (including phenoxy) is 1. The van der Waals surface area contributed by atoms with E-state index in [0.29, 0.717) is 6.54 Å². The Morgan fingerprint density at radius 3 is 2.69 bits per heavy atom. The van der Waals surface area contributed by atoms with Crippen LogP contribution in [0.15, 0.2) is 12.1 Å². The first kappa shape index (κ1) is 12.6. The summed E-state index contributed by atoms with van der Waals surface area (Å²) >= 11 is 0. The normalized spacial score (nSPS) is 9.50. The van der Waals surface area contributed by atoms with Gasteiger partial charge in [-0.2, -0.15) is 0 Å². The Hall–Kier alpha value is -1.46. The Morgan fingerprint density at radius 1 is 1.31 bits per heavy atom. The van der Waals surface area contributed by atoms with Crippen LogP contribution in [0.5, 0.6) is 5.75 Å². The molecule has 0 aliphatic carbocycles. The maximum absolute atomic E-state index is 5.34. The molecule has 0 aliphatic heterocycles. The summed E-state index contributed by atoms with van der Waals surface area (Å²) in [6, 6.07) is 4.14. The largest absolute Gasteiger partial charge is 0.495 e. The van der Waals surface area contributed by atoms with Gasteiger partial charge in [-0.3, -0.25) is 0 Å². The third-order valence-corrected chi connectivity index (χ3v) is 2.34. The summed E-state index contributed by atoms with van der Waals surface area (Å²) in [5.41, 5.74) is 3.36. The van der Waals surface area contributed by atoms with E-state index >= 15 is 0 Å². The van der Waals surface area contributed by atoms with Gasteiger partial charge < -0.3 is 10.1 Å². The lowest BCUT2D eigenvalue weighted by atomic mass is 10.0. The van der Waals surface area contributed by atoms with Crippen LogP contribution in [-0.4, -0.2) is 20.2 Å². The van der Waals surface area contributed by atoms with Crippen molar-refractivity contribution in [3.8, 4) is 17.6 Å². The second-order valence-electron chi connectivity index (χ2n) is 3.74. The van der Waals surface area contributed by atoms with Crippen molar-refractivity contribution in [2.75, 3.05) is 20.2 Å². The van der Waals surface area contributed by atoms with Gasteiger partial charge in [0.1, 0.15) is 5.75 Å². The molecule has 0 aliphatic rings. The average Bonchev–Trinajstić information content (AvgIpc) is 2.26. The predicted octanol–water partition coefficient (Wildman–Crippen LogP) is 2.27. The lowest BCUT2D eigenvalue weighted by Gasteiger charge is -2.07. The Labute approximate surface area is 98.0 Å². The predicted molar refractivity (Wildman–Crippen MR) is 67.9 cm³/mol. The highest BCUT2D eigenvalue weighted by atomic mass is 16.5. The SMILES string of the molecule is CCNCC#Cc1c(C)cc(C)cc1OC. The first-order valence-corrected chi connectivity index (χ1v) is 5.53. The third kappa shape index (κ3) is 3.29. The van der Waals surface area contributed by atoms with Crippen molar-refractivity contribution in [3.05, 3.63) is 28.8 Å². The molecule has 86 valence electrons. The van der Waals surface area contributed by atoms with Gasteiger partial charge in [0.15, 0.2) is 0 Å². The fourth-order valence-corrected chi connectivity index (χ4v) is 1.57. The molecule has 16 heavy (non-hydrogen) atoms. The lowest BCUT2D eigenvalue weighted by molar-refractivity contribution is 0.413. The summed E-state index contributed by atoms with van der Waals surface area (Å²) in [5, 5.41) is 3.17. The lowest BCUT2D eigenvalue weighted by Crippen LogP contribution is -2.12. The van der Waals surface area contributed by atoms with Crippen molar-refractivity contribution in [1.82, 2.24) is 5.32 Å². The molecule has 1 N–H and O–H groups in total. The minimum atomic E-state index is 0.715. The maximum Gasteiger partial charge on any atom is 0.135 e. The minimum absolute atomic E-state index is 0.715. The van der Waals surface area contributed by atoms with E-state index in [4.69, 9.17) is 4.74 Å². The second kappa shape index (κ2) is 6.19. The smallest absolute Gasteiger partial charge is 0.135 e. The zero-order valence-corrected chi connectivity index (χ0v) is 10.5. The van der Waals surface area contributed by atoms with Gasteiger partial charge in [-0.25, -0.2) is 0 Å². The van der Waals surface area contributed by atoms with Crippen LogP contribution < -0.4 is 10.1 Å². The van der Waals surface area contributed by atoms with Crippen molar-refractivity contribution in [1.29, 1.82) is 0 Å². The Balaban J connectivity index is 2.96. The van der Waals surface area contributed by atoms with Crippen molar-refractivity contribution >= 4 is 0 Å².